The fourth-order valence-corrected chi connectivity index (χ4v) is 5.82. The van der Waals surface area contributed by atoms with E-state index in [0.29, 0.717) is 18.5 Å². The number of rotatable bonds is 6. The molecule has 2 aliphatic rings. The minimum atomic E-state index is 0.686. The molecular weight excluding hydrogens is 304 g/mol. The molecule has 0 amide bonds. The second-order valence-electron chi connectivity index (χ2n) is 9.93. The lowest BCUT2D eigenvalue weighted by atomic mass is 9.69. The second kappa shape index (κ2) is 9.40. The van der Waals surface area contributed by atoms with Gasteiger partial charge in [-0.2, -0.15) is 5.26 Å². The molecule has 144 valence electrons. The molecule has 0 radical (unpaired) electrons. The molecule has 0 bridgehead atoms. The van der Waals surface area contributed by atoms with Gasteiger partial charge in [0.05, 0.1) is 6.07 Å². The Morgan fingerprint density at radius 1 is 0.840 bits per heavy atom. The van der Waals surface area contributed by atoms with Gasteiger partial charge >= 0.3 is 0 Å². The zero-order valence-electron chi connectivity index (χ0n) is 17.7. The molecule has 0 N–H and O–H groups in total. The molecule has 2 heteroatoms. The van der Waals surface area contributed by atoms with Crippen molar-refractivity contribution in [2.75, 3.05) is 6.54 Å². The van der Waals surface area contributed by atoms with Crippen molar-refractivity contribution in [1.29, 1.82) is 5.26 Å². The van der Waals surface area contributed by atoms with Crippen LogP contribution in [0.15, 0.2) is 0 Å². The van der Waals surface area contributed by atoms with Crippen LogP contribution in [0.4, 0.5) is 0 Å². The maximum atomic E-state index is 9.29. The van der Waals surface area contributed by atoms with Gasteiger partial charge in [-0.15, -0.1) is 0 Å². The zero-order chi connectivity index (χ0) is 18.6. The third-order valence-electron chi connectivity index (χ3n) is 7.31. The van der Waals surface area contributed by atoms with Crippen molar-refractivity contribution < 1.29 is 0 Å². The summed E-state index contributed by atoms with van der Waals surface area (Å²) < 4.78 is 0. The summed E-state index contributed by atoms with van der Waals surface area (Å²) in [7, 11) is 0. The van der Waals surface area contributed by atoms with Crippen molar-refractivity contribution in [2.24, 2.45) is 35.5 Å². The minimum Gasteiger partial charge on any atom is -0.296 e. The van der Waals surface area contributed by atoms with Crippen LogP contribution in [0.3, 0.4) is 0 Å². The third kappa shape index (κ3) is 5.22. The molecule has 2 aliphatic carbocycles. The molecule has 6 unspecified atom stereocenters. The highest BCUT2D eigenvalue weighted by Gasteiger charge is 2.41. The van der Waals surface area contributed by atoms with Crippen molar-refractivity contribution in [3.05, 3.63) is 0 Å². The highest BCUT2D eigenvalue weighted by Crippen LogP contribution is 2.42. The summed E-state index contributed by atoms with van der Waals surface area (Å²) >= 11 is 0. The summed E-state index contributed by atoms with van der Waals surface area (Å²) in [5, 5.41) is 9.29. The van der Waals surface area contributed by atoms with Crippen LogP contribution in [0, 0.1) is 46.8 Å². The lowest BCUT2D eigenvalue weighted by Crippen LogP contribution is -2.55. The average molecular weight is 347 g/mol. The van der Waals surface area contributed by atoms with E-state index in [9.17, 15) is 5.26 Å². The van der Waals surface area contributed by atoms with E-state index in [-0.39, 0.29) is 0 Å². The largest absolute Gasteiger partial charge is 0.296 e. The maximum absolute atomic E-state index is 9.29. The van der Waals surface area contributed by atoms with Crippen LogP contribution in [0.25, 0.3) is 0 Å². The predicted octanol–water partition coefficient (Wildman–Crippen LogP) is 6.12. The minimum absolute atomic E-state index is 0.686. The molecule has 0 aromatic carbocycles. The molecule has 2 nitrogen and oxygen atoms in total. The number of nitrogens with zero attached hydrogens (tertiary/aromatic N) is 2. The first-order valence-electron chi connectivity index (χ1n) is 11.0. The Morgan fingerprint density at radius 3 is 1.64 bits per heavy atom. The molecular formula is C23H42N2. The Bertz CT molecular complexity index is 404. The standard InChI is InChI=1S/C23H42N2/c1-16(2)20-10-8-18(5)14-22(20)25(13-7-12-24)23-15-19(6)9-11-21(23)17(3)4/h16-23H,7-11,13-15H2,1-6H3. The summed E-state index contributed by atoms with van der Waals surface area (Å²) in [6.07, 6.45) is 8.89. The summed E-state index contributed by atoms with van der Waals surface area (Å²) in [4.78, 5) is 2.85. The normalized spacial score (nSPS) is 36.8. The first-order valence-corrected chi connectivity index (χ1v) is 11.0. The SMILES string of the molecule is CC1CCC(C(C)C)C(N(CCC#N)C2CC(C)CCC2C(C)C)C1. The van der Waals surface area contributed by atoms with Gasteiger partial charge in [0, 0.05) is 25.0 Å². The van der Waals surface area contributed by atoms with Gasteiger partial charge in [0.15, 0.2) is 0 Å². The van der Waals surface area contributed by atoms with E-state index in [1.165, 1.54) is 38.5 Å². The van der Waals surface area contributed by atoms with Crippen LogP contribution in [0.2, 0.25) is 0 Å². The highest BCUT2D eigenvalue weighted by atomic mass is 15.2. The summed E-state index contributed by atoms with van der Waals surface area (Å²) in [5.74, 6) is 4.78. The molecule has 0 aromatic rings. The van der Waals surface area contributed by atoms with Crippen LogP contribution in [-0.2, 0) is 0 Å². The Hall–Kier alpha value is -0.550. The monoisotopic (exact) mass is 346 g/mol. The van der Waals surface area contributed by atoms with E-state index in [4.69, 9.17) is 0 Å². The fraction of sp³-hybridized carbons (Fsp3) is 0.957. The number of nitriles is 1. The quantitative estimate of drug-likeness (QED) is 0.579. The molecule has 0 aliphatic heterocycles. The Balaban J connectivity index is 2.29. The van der Waals surface area contributed by atoms with Gasteiger partial charge in [0.1, 0.15) is 0 Å². The Morgan fingerprint density at radius 2 is 1.28 bits per heavy atom. The number of hydrogen-bond donors (Lipinski definition) is 0. The second-order valence-corrected chi connectivity index (χ2v) is 9.93. The van der Waals surface area contributed by atoms with Crippen molar-refractivity contribution in [2.45, 2.75) is 98.6 Å². The fourth-order valence-electron chi connectivity index (χ4n) is 5.82. The van der Waals surface area contributed by atoms with Crippen LogP contribution in [-0.4, -0.2) is 23.5 Å². The smallest absolute Gasteiger partial charge is 0.0635 e. The Kier molecular flexibility index (Phi) is 7.81. The van der Waals surface area contributed by atoms with Crippen LogP contribution in [0.5, 0.6) is 0 Å². The van der Waals surface area contributed by atoms with Crippen molar-refractivity contribution in [1.82, 2.24) is 4.90 Å². The van der Waals surface area contributed by atoms with E-state index in [0.717, 1.165) is 42.1 Å². The molecule has 2 rings (SSSR count). The highest BCUT2D eigenvalue weighted by molar-refractivity contribution is 4.95. The summed E-state index contributed by atoms with van der Waals surface area (Å²) in [6, 6.07) is 3.82. The van der Waals surface area contributed by atoms with E-state index < -0.39 is 0 Å². The predicted molar refractivity (Wildman–Crippen MR) is 107 cm³/mol. The van der Waals surface area contributed by atoms with Crippen LogP contribution in [0.1, 0.15) is 86.5 Å². The molecule has 6 atom stereocenters. The van der Waals surface area contributed by atoms with Crippen LogP contribution >= 0.6 is 0 Å². The van der Waals surface area contributed by atoms with E-state index in [1.807, 2.05) is 0 Å². The van der Waals surface area contributed by atoms with E-state index in [1.54, 1.807) is 0 Å². The van der Waals surface area contributed by atoms with Crippen molar-refractivity contribution in [3.63, 3.8) is 0 Å². The number of hydrogen-bond acceptors (Lipinski definition) is 2. The third-order valence-corrected chi connectivity index (χ3v) is 7.31. The lowest BCUT2D eigenvalue weighted by molar-refractivity contribution is -0.0213. The van der Waals surface area contributed by atoms with Gasteiger partial charge in [-0.1, -0.05) is 54.4 Å². The van der Waals surface area contributed by atoms with Gasteiger partial charge in [-0.25, -0.2) is 0 Å². The van der Waals surface area contributed by atoms with E-state index >= 15 is 0 Å². The van der Waals surface area contributed by atoms with Gasteiger partial charge in [0.2, 0.25) is 0 Å². The Labute approximate surface area is 157 Å². The molecule has 2 saturated carbocycles. The van der Waals surface area contributed by atoms with Gasteiger partial charge in [-0.05, 0) is 61.2 Å². The van der Waals surface area contributed by atoms with Crippen molar-refractivity contribution >= 4 is 0 Å². The maximum Gasteiger partial charge on any atom is 0.0635 e. The molecule has 0 aromatic heterocycles. The lowest BCUT2D eigenvalue weighted by Gasteiger charge is -2.51. The molecule has 2 fully saturated rings. The van der Waals surface area contributed by atoms with Crippen LogP contribution < -0.4 is 0 Å². The summed E-state index contributed by atoms with van der Waals surface area (Å²) in [6.45, 7) is 15.5. The first-order chi connectivity index (χ1) is 11.8. The molecule has 0 saturated heterocycles. The van der Waals surface area contributed by atoms with Gasteiger partial charge < -0.3 is 0 Å². The van der Waals surface area contributed by atoms with Gasteiger partial charge in [0.25, 0.3) is 0 Å². The molecule has 0 spiro atoms. The first kappa shape index (κ1) is 20.8. The molecule has 25 heavy (non-hydrogen) atoms. The van der Waals surface area contributed by atoms with Crippen molar-refractivity contribution in [3.8, 4) is 6.07 Å². The molecule has 0 heterocycles. The topological polar surface area (TPSA) is 27.0 Å². The average Bonchev–Trinajstić information content (AvgIpc) is 2.55. The zero-order valence-corrected chi connectivity index (χ0v) is 17.7. The van der Waals surface area contributed by atoms with E-state index in [2.05, 4.69) is 52.5 Å². The summed E-state index contributed by atoms with van der Waals surface area (Å²) in [5.41, 5.74) is 0. The van der Waals surface area contributed by atoms with Gasteiger partial charge in [-0.3, -0.25) is 4.90 Å².